The van der Waals surface area contributed by atoms with Crippen LogP contribution in [0, 0.1) is 12.3 Å². The minimum absolute atomic E-state index is 0.439. The molecule has 1 fully saturated rings. The molecule has 2 heteroatoms. The van der Waals surface area contributed by atoms with Crippen LogP contribution >= 0.6 is 11.6 Å². The Labute approximate surface area is 116 Å². The van der Waals surface area contributed by atoms with E-state index in [1.165, 1.54) is 36.8 Å². The highest BCUT2D eigenvalue weighted by Crippen LogP contribution is 2.41. The van der Waals surface area contributed by atoms with Gasteiger partial charge in [-0.25, -0.2) is 0 Å². The van der Waals surface area contributed by atoms with Crippen molar-refractivity contribution >= 4 is 11.6 Å². The summed E-state index contributed by atoms with van der Waals surface area (Å²) in [6.07, 6.45) is 6.54. The van der Waals surface area contributed by atoms with Crippen LogP contribution in [-0.4, -0.2) is 13.1 Å². The third-order valence-corrected chi connectivity index (χ3v) is 4.54. The maximum absolute atomic E-state index is 6.38. The molecular weight excluding hydrogens is 242 g/mol. The summed E-state index contributed by atoms with van der Waals surface area (Å²) in [6, 6.07) is 6.48. The molecule has 0 heterocycles. The average molecular weight is 266 g/mol. The maximum atomic E-state index is 6.38. The van der Waals surface area contributed by atoms with Gasteiger partial charge in [-0.1, -0.05) is 43.5 Å². The van der Waals surface area contributed by atoms with Crippen molar-refractivity contribution in [2.75, 3.05) is 13.1 Å². The smallest absolute Gasteiger partial charge is 0.0440 e. The molecule has 0 aromatic heterocycles. The third kappa shape index (κ3) is 3.27. The lowest BCUT2D eigenvalue weighted by molar-refractivity contribution is 0.280. The zero-order valence-electron chi connectivity index (χ0n) is 11.6. The van der Waals surface area contributed by atoms with Crippen molar-refractivity contribution in [2.24, 2.45) is 5.41 Å². The number of rotatable bonds is 5. The van der Waals surface area contributed by atoms with Gasteiger partial charge in [0, 0.05) is 11.6 Å². The van der Waals surface area contributed by atoms with Crippen LogP contribution in [-0.2, 0) is 6.42 Å². The van der Waals surface area contributed by atoms with Gasteiger partial charge in [-0.05, 0) is 55.3 Å². The highest BCUT2D eigenvalue weighted by Gasteiger charge is 2.33. The summed E-state index contributed by atoms with van der Waals surface area (Å²) in [7, 11) is 0. The van der Waals surface area contributed by atoms with Crippen molar-refractivity contribution in [2.45, 2.75) is 46.0 Å². The van der Waals surface area contributed by atoms with Crippen molar-refractivity contribution < 1.29 is 0 Å². The van der Waals surface area contributed by atoms with Crippen molar-refractivity contribution in [3.63, 3.8) is 0 Å². The van der Waals surface area contributed by atoms with Gasteiger partial charge in [0.25, 0.3) is 0 Å². The molecule has 0 spiro atoms. The maximum Gasteiger partial charge on any atom is 0.0440 e. The van der Waals surface area contributed by atoms with E-state index in [9.17, 15) is 0 Å². The molecule has 1 aliphatic rings. The van der Waals surface area contributed by atoms with Crippen LogP contribution in [0.4, 0.5) is 0 Å². The first-order valence-corrected chi connectivity index (χ1v) is 7.49. The second-order valence-corrected chi connectivity index (χ2v) is 6.17. The zero-order chi connectivity index (χ0) is 13.0. The zero-order valence-corrected chi connectivity index (χ0v) is 12.3. The summed E-state index contributed by atoms with van der Waals surface area (Å²) >= 11 is 6.38. The predicted molar refractivity (Wildman–Crippen MR) is 79.3 cm³/mol. The van der Waals surface area contributed by atoms with E-state index >= 15 is 0 Å². The van der Waals surface area contributed by atoms with Crippen molar-refractivity contribution in [3.05, 3.63) is 34.3 Å². The third-order valence-electron chi connectivity index (χ3n) is 4.19. The summed E-state index contributed by atoms with van der Waals surface area (Å²) in [6.45, 7) is 6.47. The van der Waals surface area contributed by atoms with Gasteiger partial charge >= 0.3 is 0 Å². The lowest BCUT2D eigenvalue weighted by atomic mass is 9.79. The number of hydrogen-bond donors (Lipinski definition) is 1. The van der Waals surface area contributed by atoms with Gasteiger partial charge in [-0.3, -0.25) is 0 Å². The van der Waals surface area contributed by atoms with Gasteiger partial charge in [0.2, 0.25) is 0 Å². The minimum atomic E-state index is 0.439. The molecule has 18 heavy (non-hydrogen) atoms. The van der Waals surface area contributed by atoms with Crippen LogP contribution in [0.1, 0.15) is 43.7 Å². The van der Waals surface area contributed by atoms with E-state index in [1.54, 1.807) is 0 Å². The molecule has 1 aliphatic carbocycles. The standard InChI is InChI=1S/C16H24ClN/c1-3-18-12-16(8-4-5-9-16)11-14-7-6-13(2)10-15(14)17/h6-7,10,18H,3-5,8-9,11-12H2,1-2H3. The topological polar surface area (TPSA) is 12.0 Å². The summed E-state index contributed by atoms with van der Waals surface area (Å²) in [5.41, 5.74) is 3.01. The average Bonchev–Trinajstić information content (AvgIpc) is 2.80. The van der Waals surface area contributed by atoms with Crippen LogP contribution < -0.4 is 5.32 Å². The fourth-order valence-electron chi connectivity index (χ4n) is 3.13. The number of hydrogen-bond acceptors (Lipinski definition) is 1. The number of aryl methyl sites for hydroxylation is 1. The Balaban J connectivity index is 2.13. The van der Waals surface area contributed by atoms with Crippen molar-refractivity contribution in [3.8, 4) is 0 Å². The summed E-state index contributed by atoms with van der Waals surface area (Å²) in [4.78, 5) is 0. The molecule has 1 nitrogen and oxygen atoms in total. The lowest BCUT2D eigenvalue weighted by Gasteiger charge is -2.30. The summed E-state index contributed by atoms with van der Waals surface area (Å²) in [5, 5.41) is 4.48. The first kappa shape index (κ1) is 13.9. The van der Waals surface area contributed by atoms with Crippen molar-refractivity contribution in [1.29, 1.82) is 0 Å². The van der Waals surface area contributed by atoms with Crippen LogP contribution in [0.3, 0.4) is 0 Å². The number of halogens is 1. The molecule has 1 N–H and O–H groups in total. The van der Waals surface area contributed by atoms with Crippen LogP contribution in [0.5, 0.6) is 0 Å². The highest BCUT2D eigenvalue weighted by atomic mass is 35.5. The monoisotopic (exact) mass is 265 g/mol. The van der Waals surface area contributed by atoms with Gasteiger partial charge in [0.1, 0.15) is 0 Å². The highest BCUT2D eigenvalue weighted by molar-refractivity contribution is 6.31. The van der Waals surface area contributed by atoms with E-state index in [4.69, 9.17) is 11.6 Å². The molecule has 1 saturated carbocycles. The first-order chi connectivity index (χ1) is 8.65. The minimum Gasteiger partial charge on any atom is -0.316 e. The molecular formula is C16H24ClN. The Morgan fingerprint density at radius 1 is 1.28 bits per heavy atom. The molecule has 0 bridgehead atoms. The van der Waals surface area contributed by atoms with E-state index in [1.807, 2.05) is 0 Å². The molecule has 100 valence electrons. The molecule has 0 radical (unpaired) electrons. The second-order valence-electron chi connectivity index (χ2n) is 5.76. The SMILES string of the molecule is CCNCC1(Cc2ccc(C)cc2Cl)CCCC1. The lowest BCUT2D eigenvalue weighted by Crippen LogP contribution is -2.34. The second kappa shape index (κ2) is 6.08. The van der Waals surface area contributed by atoms with Gasteiger partial charge < -0.3 is 5.32 Å². The Bertz CT molecular complexity index is 394. The van der Waals surface area contributed by atoms with E-state index < -0.39 is 0 Å². The van der Waals surface area contributed by atoms with Crippen molar-refractivity contribution in [1.82, 2.24) is 5.32 Å². The normalized spacial score (nSPS) is 18.2. The van der Waals surface area contributed by atoms with E-state index in [2.05, 4.69) is 37.4 Å². The largest absolute Gasteiger partial charge is 0.316 e. The first-order valence-electron chi connectivity index (χ1n) is 7.11. The molecule has 1 aromatic carbocycles. The summed E-state index contributed by atoms with van der Waals surface area (Å²) in [5.74, 6) is 0. The molecule has 0 unspecified atom stereocenters. The molecule has 0 amide bonds. The fourth-order valence-corrected chi connectivity index (χ4v) is 3.43. The van der Waals surface area contributed by atoms with E-state index in [-0.39, 0.29) is 0 Å². The Kier molecular flexibility index (Phi) is 4.69. The quantitative estimate of drug-likeness (QED) is 0.834. The predicted octanol–water partition coefficient (Wildman–Crippen LogP) is 4.36. The molecule has 0 aliphatic heterocycles. The van der Waals surface area contributed by atoms with Crippen LogP contribution in [0.25, 0.3) is 0 Å². The van der Waals surface area contributed by atoms with E-state index in [0.717, 1.165) is 24.5 Å². The molecule has 0 saturated heterocycles. The molecule has 2 rings (SSSR count). The van der Waals surface area contributed by atoms with Gasteiger partial charge in [-0.2, -0.15) is 0 Å². The summed E-state index contributed by atoms with van der Waals surface area (Å²) < 4.78 is 0. The Morgan fingerprint density at radius 2 is 2.00 bits per heavy atom. The van der Waals surface area contributed by atoms with Crippen LogP contribution in [0.2, 0.25) is 5.02 Å². The van der Waals surface area contributed by atoms with Gasteiger partial charge in [0.05, 0.1) is 0 Å². The van der Waals surface area contributed by atoms with Gasteiger partial charge in [0.15, 0.2) is 0 Å². The van der Waals surface area contributed by atoms with Gasteiger partial charge in [-0.15, -0.1) is 0 Å². The Morgan fingerprint density at radius 3 is 2.61 bits per heavy atom. The molecule has 0 atom stereocenters. The van der Waals surface area contributed by atoms with Crippen LogP contribution in [0.15, 0.2) is 18.2 Å². The Hall–Kier alpha value is -0.530. The number of nitrogens with one attached hydrogen (secondary N) is 1. The van der Waals surface area contributed by atoms with E-state index in [0.29, 0.717) is 5.41 Å². The number of benzene rings is 1. The molecule has 1 aromatic rings. The fraction of sp³-hybridized carbons (Fsp3) is 0.625.